The molecule has 0 aliphatic carbocycles. The zero-order valence-corrected chi connectivity index (χ0v) is 16.2. The Labute approximate surface area is 155 Å². The number of sulfone groups is 1. The van der Waals surface area contributed by atoms with E-state index in [9.17, 15) is 12.8 Å². The van der Waals surface area contributed by atoms with Gasteiger partial charge in [0.05, 0.1) is 11.3 Å². The molecule has 2 rings (SSSR count). The second-order valence-electron chi connectivity index (χ2n) is 6.53. The maximum absolute atomic E-state index is 13.7. The molecule has 6 nitrogen and oxygen atoms in total. The first kappa shape index (κ1) is 20.6. The number of aliphatic imine (C=N–C) groups is 1. The number of benzene rings is 1. The van der Waals surface area contributed by atoms with Gasteiger partial charge in [0, 0.05) is 32.6 Å². The van der Waals surface area contributed by atoms with E-state index in [0.717, 1.165) is 0 Å². The normalized spacial score (nSPS) is 17.7. The van der Waals surface area contributed by atoms with Crippen molar-refractivity contribution in [3.63, 3.8) is 0 Å². The third-order valence-corrected chi connectivity index (χ3v) is 6.82. The number of nitrogens with zero attached hydrogens (tertiary/aromatic N) is 1. The standard InChI is InChI=1S/C18H28FN3O3S/c1-3-20-17(21-11-8-15-6-4-5-7-16(15)19)22-14-18(26(2,23)24)9-12-25-13-10-18/h4-7H,3,8-14H2,1-2H3,(H2,20,21,22). The van der Waals surface area contributed by atoms with Crippen LogP contribution in [0.25, 0.3) is 0 Å². The number of ether oxygens (including phenoxy) is 1. The van der Waals surface area contributed by atoms with Gasteiger partial charge in [-0.05, 0) is 37.8 Å². The molecule has 1 fully saturated rings. The highest BCUT2D eigenvalue weighted by molar-refractivity contribution is 7.92. The SMILES string of the molecule is CCNC(=NCC1(S(C)(=O)=O)CCOCC1)NCCc1ccccc1F. The third-order valence-electron chi connectivity index (χ3n) is 4.70. The summed E-state index contributed by atoms with van der Waals surface area (Å²) in [4.78, 5) is 4.50. The molecule has 0 atom stereocenters. The highest BCUT2D eigenvalue weighted by Gasteiger charge is 2.42. The molecule has 0 amide bonds. The second-order valence-corrected chi connectivity index (χ2v) is 8.94. The minimum atomic E-state index is -3.26. The monoisotopic (exact) mass is 385 g/mol. The maximum atomic E-state index is 13.7. The van der Waals surface area contributed by atoms with Crippen LogP contribution in [0.15, 0.2) is 29.3 Å². The van der Waals surface area contributed by atoms with Crippen LogP contribution in [-0.4, -0.2) is 58.2 Å². The van der Waals surface area contributed by atoms with Crippen molar-refractivity contribution in [2.45, 2.75) is 30.9 Å². The van der Waals surface area contributed by atoms with Gasteiger partial charge >= 0.3 is 0 Å². The zero-order chi connectivity index (χ0) is 19.0. The van der Waals surface area contributed by atoms with Gasteiger partial charge in [0.1, 0.15) is 5.82 Å². The Morgan fingerprint density at radius 2 is 1.96 bits per heavy atom. The molecular weight excluding hydrogens is 357 g/mol. The first-order chi connectivity index (χ1) is 12.4. The topological polar surface area (TPSA) is 79.8 Å². The first-order valence-electron chi connectivity index (χ1n) is 8.91. The lowest BCUT2D eigenvalue weighted by Crippen LogP contribution is -2.47. The first-order valence-corrected chi connectivity index (χ1v) is 10.8. The van der Waals surface area contributed by atoms with Crippen LogP contribution in [0.3, 0.4) is 0 Å². The minimum Gasteiger partial charge on any atom is -0.381 e. The largest absolute Gasteiger partial charge is 0.381 e. The van der Waals surface area contributed by atoms with E-state index in [-0.39, 0.29) is 12.4 Å². The summed E-state index contributed by atoms with van der Waals surface area (Å²) < 4.78 is 42.7. The summed E-state index contributed by atoms with van der Waals surface area (Å²) >= 11 is 0. The van der Waals surface area contributed by atoms with E-state index in [4.69, 9.17) is 4.74 Å². The number of halogens is 1. The Morgan fingerprint density at radius 3 is 2.58 bits per heavy atom. The van der Waals surface area contributed by atoms with Gasteiger partial charge in [-0.25, -0.2) is 12.8 Å². The fourth-order valence-corrected chi connectivity index (χ4v) is 4.18. The fourth-order valence-electron chi connectivity index (χ4n) is 2.97. The van der Waals surface area contributed by atoms with Crippen LogP contribution in [0.1, 0.15) is 25.3 Å². The molecule has 1 aromatic carbocycles. The van der Waals surface area contributed by atoms with E-state index in [0.29, 0.717) is 57.1 Å². The summed E-state index contributed by atoms with van der Waals surface area (Å²) in [6, 6.07) is 6.66. The van der Waals surface area contributed by atoms with Crippen molar-refractivity contribution in [1.82, 2.24) is 10.6 Å². The molecule has 0 unspecified atom stereocenters. The Kier molecular flexibility index (Phi) is 7.40. The summed E-state index contributed by atoms with van der Waals surface area (Å²) in [5, 5.41) is 6.26. The third kappa shape index (κ3) is 5.41. The number of nitrogens with one attached hydrogen (secondary N) is 2. The molecule has 8 heteroatoms. The van der Waals surface area contributed by atoms with Gasteiger partial charge in [0.15, 0.2) is 15.8 Å². The second kappa shape index (κ2) is 9.32. The van der Waals surface area contributed by atoms with Crippen molar-refractivity contribution in [3.8, 4) is 0 Å². The van der Waals surface area contributed by atoms with Crippen molar-refractivity contribution in [2.75, 3.05) is 39.1 Å². The van der Waals surface area contributed by atoms with E-state index in [2.05, 4.69) is 15.6 Å². The molecule has 146 valence electrons. The average Bonchev–Trinajstić information content (AvgIpc) is 2.61. The molecular formula is C18H28FN3O3S. The highest BCUT2D eigenvalue weighted by atomic mass is 32.2. The Balaban J connectivity index is 2.02. The van der Waals surface area contributed by atoms with Crippen molar-refractivity contribution >= 4 is 15.8 Å². The van der Waals surface area contributed by atoms with Crippen LogP contribution in [0.2, 0.25) is 0 Å². The van der Waals surface area contributed by atoms with E-state index < -0.39 is 14.6 Å². The molecule has 0 saturated carbocycles. The summed E-state index contributed by atoms with van der Waals surface area (Å²) in [5.74, 6) is 0.313. The van der Waals surface area contributed by atoms with Crippen LogP contribution in [0, 0.1) is 5.82 Å². The fraction of sp³-hybridized carbons (Fsp3) is 0.611. The van der Waals surface area contributed by atoms with Gasteiger partial charge in [-0.3, -0.25) is 4.99 Å². The Morgan fingerprint density at radius 1 is 1.27 bits per heavy atom. The van der Waals surface area contributed by atoms with Crippen LogP contribution < -0.4 is 10.6 Å². The molecule has 1 aliphatic heterocycles. The minimum absolute atomic E-state index is 0.185. The number of rotatable bonds is 7. The summed E-state index contributed by atoms with van der Waals surface area (Å²) in [6.07, 6.45) is 2.68. The molecule has 0 spiro atoms. The quantitative estimate of drug-likeness (QED) is 0.550. The summed E-state index contributed by atoms with van der Waals surface area (Å²) in [7, 11) is -3.26. The van der Waals surface area contributed by atoms with Crippen LogP contribution in [0.4, 0.5) is 4.39 Å². The van der Waals surface area contributed by atoms with Crippen molar-refractivity contribution in [3.05, 3.63) is 35.6 Å². The molecule has 2 N–H and O–H groups in total. The summed E-state index contributed by atoms with van der Waals surface area (Å²) in [5.41, 5.74) is 0.632. The molecule has 26 heavy (non-hydrogen) atoms. The predicted octanol–water partition coefficient (Wildman–Crippen LogP) is 1.52. The van der Waals surface area contributed by atoms with E-state index in [1.807, 2.05) is 6.92 Å². The van der Waals surface area contributed by atoms with Crippen LogP contribution >= 0.6 is 0 Å². The predicted molar refractivity (Wildman–Crippen MR) is 102 cm³/mol. The molecule has 1 aromatic rings. The smallest absolute Gasteiger partial charge is 0.191 e. The van der Waals surface area contributed by atoms with Gasteiger partial charge in [0.25, 0.3) is 0 Å². The molecule has 0 bridgehead atoms. The lowest BCUT2D eigenvalue weighted by atomic mass is 9.99. The number of hydrogen-bond donors (Lipinski definition) is 2. The van der Waals surface area contributed by atoms with E-state index in [1.165, 1.54) is 12.3 Å². The lowest BCUT2D eigenvalue weighted by Gasteiger charge is -2.34. The van der Waals surface area contributed by atoms with Crippen molar-refractivity contribution in [1.29, 1.82) is 0 Å². The summed E-state index contributed by atoms with van der Waals surface area (Å²) in [6.45, 7) is 4.14. The molecule has 0 radical (unpaired) electrons. The van der Waals surface area contributed by atoms with E-state index >= 15 is 0 Å². The molecule has 1 aliphatic rings. The molecule has 1 heterocycles. The van der Waals surface area contributed by atoms with Crippen molar-refractivity contribution in [2.24, 2.45) is 4.99 Å². The Hall–Kier alpha value is -1.67. The average molecular weight is 386 g/mol. The van der Waals surface area contributed by atoms with E-state index in [1.54, 1.807) is 18.2 Å². The van der Waals surface area contributed by atoms with Crippen LogP contribution in [-0.2, 0) is 21.0 Å². The van der Waals surface area contributed by atoms with Gasteiger partial charge < -0.3 is 15.4 Å². The van der Waals surface area contributed by atoms with Gasteiger partial charge in [-0.2, -0.15) is 0 Å². The van der Waals surface area contributed by atoms with Gasteiger partial charge in [-0.1, -0.05) is 18.2 Å². The van der Waals surface area contributed by atoms with Gasteiger partial charge in [-0.15, -0.1) is 0 Å². The Bertz CT molecular complexity index is 716. The maximum Gasteiger partial charge on any atom is 0.191 e. The number of hydrogen-bond acceptors (Lipinski definition) is 4. The number of guanidine groups is 1. The lowest BCUT2D eigenvalue weighted by molar-refractivity contribution is 0.0768. The van der Waals surface area contributed by atoms with Gasteiger partial charge in [0.2, 0.25) is 0 Å². The highest BCUT2D eigenvalue weighted by Crippen LogP contribution is 2.29. The van der Waals surface area contributed by atoms with Crippen molar-refractivity contribution < 1.29 is 17.5 Å². The van der Waals surface area contributed by atoms with Crippen LogP contribution in [0.5, 0.6) is 0 Å². The molecule has 0 aromatic heterocycles. The zero-order valence-electron chi connectivity index (χ0n) is 15.4. The molecule has 1 saturated heterocycles.